The lowest BCUT2D eigenvalue weighted by molar-refractivity contribution is 1.01. The van der Waals surface area contributed by atoms with E-state index in [0.29, 0.717) is 11.6 Å². The molecule has 0 amide bonds. The van der Waals surface area contributed by atoms with Crippen LogP contribution in [0, 0.1) is 0 Å². The van der Waals surface area contributed by atoms with Gasteiger partial charge in [0.15, 0.2) is 0 Å². The first-order chi connectivity index (χ1) is 7.28. The van der Waals surface area contributed by atoms with Crippen molar-refractivity contribution in [3.8, 4) is 0 Å². The second-order valence-corrected chi connectivity index (χ2v) is 3.86. The number of fused-ring (bicyclic) bond motifs is 3. The Morgan fingerprint density at radius 2 is 2.33 bits per heavy atom. The molecule has 3 rings (SSSR count). The monoisotopic (exact) mass is 220 g/mol. The number of imidazole rings is 2. The van der Waals surface area contributed by atoms with Gasteiger partial charge in [0.2, 0.25) is 5.78 Å². The molecule has 2 heterocycles. The van der Waals surface area contributed by atoms with Gasteiger partial charge in [-0.05, 0) is 18.2 Å². The Morgan fingerprint density at radius 1 is 1.47 bits per heavy atom. The molecule has 0 aliphatic rings. The number of rotatable bonds is 1. The van der Waals surface area contributed by atoms with Crippen molar-refractivity contribution < 1.29 is 0 Å². The molecule has 0 spiro atoms. The number of aromatic nitrogens is 3. The first kappa shape index (κ1) is 8.76. The molecule has 1 aromatic carbocycles. The molecule has 0 aliphatic heterocycles. The van der Waals surface area contributed by atoms with Crippen molar-refractivity contribution >= 4 is 28.4 Å². The van der Waals surface area contributed by atoms with E-state index >= 15 is 0 Å². The number of nitrogens with two attached hydrogens (primary N) is 1. The quantitative estimate of drug-likeness (QED) is 0.658. The largest absolute Gasteiger partial charge is 0.326 e. The highest BCUT2D eigenvalue weighted by molar-refractivity contribution is 6.31. The summed E-state index contributed by atoms with van der Waals surface area (Å²) in [5, 5.41) is 0.708. The fourth-order valence-corrected chi connectivity index (χ4v) is 1.89. The number of aromatic amines is 1. The van der Waals surface area contributed by atoms with Crippen LogP contribution in [0.2, 0.25) is 5.02 Å². The fourth-order valence-electron chi connectivity index (χ4n) is 1.72. The van der Waals surface area contributed by atoms with Gasteiger partial charge in [0.05, 0.1) is 11.0 Å². The molecule has 0 saturated carbocycles. The van der Waals surface area contributed by atoms with Gasteiger partial charge in [-0.3, -0.25) is 4.40 Å². The van der Waals surface area contributed by atoms with Gasteiger partial charge in [-0.2, -0.15) is 0 Å². The molecule has 0 unspecified atom stereocenters. The van der Waals surface area contributed by atoms with E-state index in [0.717, 1.165) is 22.5 Å². The summed E-state index contributed by atoms with van der Waals surface area (Å²) in [7, 11) is 0. The number of hydrogen-bond donors (Lipinski definition) is 2. The maximum absolute atomic E-state index is 5.94. The summed E-state index contributed by atoms with van der Waals surface area (Å²) in [6.45, 7) is 0.478. The van der Waals surface area contributed by atoms with Crippen LogP contribution < -0.4 is 5.73 Å². The number of nitrogens with one attached hydrogen (secondary N) is 1. The van der Waals surface area contributed by atoms with Gasteiger partial charge in [-0.15, -0.1) is 0 Å². The number of halogens is 1. The van der Waals surface area contributed by atoms with Crippen LogP contribution in [-0.4, -0.2) is 14.4 Å². The van der Waals surface area contributed by atoms with E-state index in [4.69, 9.17) is 17.3 Å². The molecule has 0 aliphatic carbocycles. The Kier molecular flexibility index (Phi) is 1.74. The molecule has 0 saturated heterocycles. The highest BCUT2D eigenvalue weighted by Crippen LogP contribution is 2.20. The molecule has 0 fully saturated rings. The summed E-state index contributed by atoms with van der Waals surface area (Å²) in [5.74, 6) is 0.799. The van der Waals surface area contributed by atoms with Gasteiger partial charge >= 0.3 is 0 Å². The van der Waals surface area contributed by atoms with E-state index in [1.54, 1.807) is 0 Å². The molecule has 3 N–H and O–H groups in total. The maximum Gasteiger partial charge on any atom is 0.212 e. The smallest absolute Gasteiger partial charge is 0.212 e. The molecule has 0 radical (unpaired) electrons. The fraction of sp³-hybridized carbons (Fsp3) is 0.100. The lowest BCUT2D eigenvalue weighted by atomic mass is 10.3. The summed E-state index contributed by atoms with van der Waals surface area (Å²) in [4.78, 5) is 7.56. The molecule has 2 aromatic heterocycles. The summed E-state index contributed by atoms with van der Waals surface area (Å²) in [5.41, 5.74) is 8.43. The average molecular weight is 221 g/mol. The molecule has 3 aromatic rings. The predicted octanol–water partition coefficient (Wildman–Crippen LogP) is 1.93. The zero-order valence-electron chi connectivity index (χ0n) is 7.87. The molecular weight excluding hydrogens is 212 g/mol. The Hall–Kier alpha value is -1.52. The molecular formula is C10H9ClN4. The summed E-state index contributed by atoms with van der Waals surface area (Å²) < 4.78 is 1.96. The van der Waals surface area contributed by atoms with Crippen molar-refractivity contribution in [2.75, 3.05) is 0 Å². The Labute approximate surface area is 90.7 Å². The van der Waals surface area contributed by atoms with Crippen molar-refractivity contribution in [1.29, 1.82) is 0 Å². The normalized spacial score (nSPS) is 11.6. The van der Waals surface area contributed by atoms with Gasteiger partial charge in [0.25, 0.3) is 0 Å². The van der Waals surface area contributed by atoms with Crippen molar-refractivity contribution in [1.82, 2.24) is 14.4 Å². The predicted molar refractivity (Wildman–Crippen MR) is 60.0 cm³/mol. The van der Waals surface area contributed by atoms with Crippen LogP contribution in [0.25, 0.3) is 16.8 Å². The minimum atomic E-state index is 0.478. The van der Waals surface area contributed by atoms with Crippen LogP contribution in [0.1, 0.15) is 5.69 Å². The first-order valence-corrected chi connectivity index (χ1v) is 5.01. The molecule has 0 bridgehead atoms. The van der Waals surface area contributed by atoms with Crippen molar-refractivity contribution in [2.24, 2.45) is 5.73 Å². The Balaban J connectivity index is 2.42. The minimum absolute atomic E-state index is 0.478. The highest BCUT2D eigenvalue weighted by atomic mass is 35.5. The average Bonchev–Trinajstić information content (AvgIpc) is 2.75. The zero-order valence-corrected chi connectivity index (χ0v) is 8.62. The van der Waals surface area contributed by atoms with Crippen LogP contribution in [0.3, 0.4) is 0 Å². The third kappa shape index (κ3) is 1.22. The van der Waals surface area contributed by atoms with Crippen LogP contribution in [-0.2, 0) is 6.54 Å². The second kappa shape index (κ2) is 2.98. The minimum Gasteiger partial charge on any atom is -0.326 e. The standard InChI is InChI=1S/C10H9ClN4/c11-6-1-2-8-9(3-6)15-5-7(4-12)13-10(15)14-8/h1-3,5H,4,12H2,(H,13,14). The van der Waals surface area contributed by atoms with Crippen LogP contribution in [0.4, 0.5) is 0 Å². The van der Waals surface area contributed by atoms with E-state index in [1.165, 1.54) is 0 Å². The van der Waals surface area contributed by atoms with Crippen molar-refractivity contribution in [3.05, 3.63) is 35.1 Å². The van der Waals surface area contributed by atoms with E-state index in [-0.39, 0.29) is 0 Å². The number of H-pyrrole nitrogens is 1. The molecule has 4 nitrogen and oxygen atoms in total. The van der Waals surface area contributed by atoms with E-state index in [2.05, 4.69) is 9.97 Å². The SMILES string of the molecule is NCc1cn2c(nc3ccc(Cl)cc32)[nH]1. The lowest BCUT2D eigenvalue weighted by Crippen LogP contribution is -1.95. The highest BCUT2D eigenvalue weighted by Gasteiger charge is 2.07. The van der Waals surface area contributed by atoms with Gasteiger partial charge in [0, 0.05) is 23.5 Å². The molecule has 0 atom stereocenters. The van der Waals surface area contributed by atoms with E-state index in [9.17, 15) is 0 Å². The molecule has 5 heteroatoms. The second-order valence-electron chi connectivity index (χ2n) is 3.42. The third-order valence-electron chi connectivity index (χ3n) is 2.43. The number of hydrogen-bond acceptors (Lipinski definition) is 2. The first-order valence-electron chi connectivity index (χ1n) is 4.63. The Morgan fingerprint density at radius 3 is 3.13 bits per heavy atom. The van der Waals surface area contributed by atoms with Crippen molar-refractivity contribution in [2.45, 2.75) is 6.54 Å². The summed E-state index contributed by atoms with van der Waals surface area (Å²) >= 11 is 5.94. The zero-order chi connectivity index (χ0) is 10.4. The summed E-state index contributed by atoms with van der Waals surface area (Å²) in [6.07, 6.45) is 1.95. The van der Waals surface area contributed by atoms with Crippen LogP contribution in [0.15, 0.2) is 24.4 Å². The topological polar surface area (TPSA) is 59.1 Å². The van der Waals surface area contributed by atoms with Crippen LogP contribution >= 0.6 is 11.6 Å². The van der Waals surface area contributed by atoms with Crippen molar-refractivity contribution in [3.63, 3.8) is 0 Å². The summed E-state index contributed by atoms with van der Waals surface area (Å²) in [6, 6.07) is 5.63. The van der Waals surface area contributed by atoms with Gasteiger partial charge in [-0.1, -0.05) is 11.6 Å². The number of benzene rings is 1. The molecule has 15 heavy (non-hydrogen) atoms. The van der Waals surface area contributed by atoms with Crippen LogP contribution in [0.5, 0.6) is 0 Å². The maximum atomic E-state index is 5.94. The number of nitrogens with zero attached hydrogens (tertiary/aromatic N) is 2. The Bertz CT molecular complexity index is 637. The van der Waals surface area contributed by atoms with Gasteiger partial charge in [0.1, 0.15) is 0 Å². The molecule has 76 valence electrons. The lowest BCUT2D eigenvalue weighted by Gasteiger charge is -1.91. The van der Waals surface area contributed by atoms with Gasteiger partial charge in [-0.25, -0.2) is 4.98 Å². The van der Waals surface area contributed by atoms with Gasteiger partial charge < -0.3 is 10.7 Å². The van der Waals surface area contributed by atoms with E-state index in [1.807, 2.05) is 28.8 Å². The van der Waals surface area contributed by atoms with E-state index < -0.39 is 0 Å². The third-order valence-corrected chi connectivity index (χ3v) is 2.66.